The fourth-order valence-corrected chi connectivity index (χ4v) is 3.53. The van der Waals surface area contributed by atoms with Gasteiger partial charge in [0.1, 0.15) is 17.3 Å². The Morgan fingerprint density at radius 1 is 1.00 bits per heavy atom. The lowest BCUT2D eigenvalue weighted by atomic mass is 10.1. The molecule has 0 radical (unpaired) electrons. The Hall–Kier alpha value is -3.22. The summed E-state index contributed by atoms with van der Waals surface area (Å²) in [5.41, 5.74) is 2.69. The third-order valence-electron chi connectivity index (χ3n) is 5.23. The quantitative estimate of drug-likeness (QED) is 0.581. The maximum atomic E-state index is 13.9. The summed E-state index contributed by atoms with van der Waals surface area (Å²) in [4.78, 5) is 14.7. The van der Waals surface area contributed by atoms with Gasteiger partial charge in [0.15, 0.2) is 0 Å². The Morgan fingerprint density at radius 3 is 2.55 bits per heavy atom. The molecule has 160 valence electrons. The van der Waals surface area contributed by atoms with Gasteiger partial charge in [-0.05, 0) is 41.5 Å². The Bertz CT molecular complexity index is 1050. The van der Waals surface area contributed by atoms with E-state index >= 15 is 0 Å². The van der Waals surface area contributed by atoms with E-state index in [1.54, 1.807) is 36.4 Å². The first-order chi connectivity index (χ1) is 15.2. The van der Waals surface area contributed by atoms with Gasteiger partial charge in [-0.25, -0.2) is 4.39 Å². The molecule has 0 atom stereocenters. The highest BCUT2D eigenvalue weighted by Gasteiger charge is 2.13. The molecule has 4 rings (SSSR count). The molecule has 1 aliphatic heterocycles. The summed E-state index contributed by atoms with van der Waals surface area (Å²) < 4.78 is 24.9. The minimum atomic E-state index is -0.346. The fraction of sp³-hybridized carbons (Fsp3) is 0.240. The number of amides is 1. The molecule has 3 aromatic rings. The van der Waals surface area contributed by atoms with Gasteiger partial charge in [0.2, 0.25) is 5.91 Å². The van der Waals surface area contributed by atoms with Crippen molar-refractivity contribution in [3.05, 3.63) is 89.4 Å². The number of halogens is 1. The summed E-state index contributed by atoms with van der Waals surface area (Å²) >= 11 is 0. The zero-order valence-corrected chi connectivity index (χ0v) is 17.2. The highest BCUT2D eigenvalue weighted by atomic mass is 19.1. The zero-order valence-electron chi connectivity index (χ0n) is 17.2. The minimum absolute atomic E-state index is 0.218. The molecule has 0 spiro atoms. The third kappa shape index (κ3) is 5.69. The van der Waals surface area contributed by atoms with Crippen molar-refractivity contribution >= 4 is 12.0 Å². The van der Waals surface area contributed by atoms with E-state index in [1.165, 1.54) is 17.7 Å². The molecule has 5 nitrogen and oxygen atoms in total. The Morgan fingerprint density at radius 2 is 1.74 bits per heavy atom. The van der Waals surface area contributed by atoms with Crippen LogP contribution in [0.5, 0.6) is 0 Å². The molecule has 1 fully saturated rings. The van der Waals surface area contributed by atoms with Gasteiger partial charge in [0, 0.05) is 32.3 Å². The van der Waals surface area contributed by atoms with Crippen LogP contribution < -0.4 is 5.32 Å². The van der Waals surface area contributed by atoms with Crippen molar-refractivity contribution in [1.82, 2.24) is 10.2 Å². The van der Waals surface area contributed by atoms with E-state index in [4.69, 9.17) is 9.15 Å². The van der Waals surface area contributed by atoms with E-state index in [0.29, 0.717) is 23.6 Å². The van der Waals surface area contributed by atoms with Crippen molar-refractivity contribution in [2.75, 3.05) is 26.3 Å². The molecule has 1 amide bonds. The largest absolute Gasteiger partial charge is 0.457 e. The normalized spacial score (nSPS) is 14.7. The van der Waals surface area contributed by atoms with Gasteiger partial charge in [-0.1, -0.05) is 36.4 Å². The van der Waals surface area contributed by atoms with E-state index in [2.05, 4.69) is 16.3 Å². The molecule has 1 aliphatic rings. The summed E-state index contributed by atoms with van der Waals surface area (Å²) in [6.07, 6.45) is 3.01. The number of nitrogens with zero attached hydrogens (tertiary/aromatic N) is 1. The molecule has 2 aromatic carbocycles. The highest BCUT2D eigenvalue weighted by molar-refractivity contribution is 5.91. The Kier molecular flexibility index (Phi) is 6.92. The van der Waals surface area contributed by atoms with Crippen LogP contribution in [0.2, 0.25) is 0 Å². The summed E-state index contributed by atoms with van der Waals surface area (Å²) in [7, 11) is 0. The van der Waals surface area contributed by atoms with E-state index in [-0.39, 0.29) is 11.7 Å². The van der Waals surface area contributed by atoms with Gasteiger partial charge < -0.3 is 14.5 Å². The fourth-order valence-electron chi connectivity index (χ4n) is 3.53. The van der Waals surface area contributed by atoms with Crippen LogP contribution in [0.25, 0.3) is 17.4 Å². The van der Waals surface area contributed by atoms with Crippen LogP contribution in [0.15, 0.2) is 71.2 Å². The molecule has 31 heavy (non-hydrogen) atoms. The lowest BCUT2D eigenvalue weighted by molar-refractivity contribution is -0.116. The number of benzene rings is 2. The second-order valence-electron chi connectivity index (χ2n) is 7.39. The number of ether oxygens (including phenoxy) is 1. The predicted molar refractivity (Wildman–Crippen MR) is 118 cm³/mol. The van der Waals surface area contributed by atoms with Gasteiger partial charge in [0.05, 0.1) is 18.8 Å². The number of rotatable bonds is 7. The number of nitrogens with one attached hydrogen (secondary N) is 1. The summed E-state index contributed by atoms with van der Waals surface area (Å²) in [5.74, 6) is 0.349. The molecule has 0 bridgehead atoms. The molecular formula is C25H25FN2O3. The van der Waals surface area contributed by atoms with Crippen molar-refractivity contribution in [3.8, 4) is 11.3 Å². The standard InChI is InChI=1S/C25H25FN2O3/c26-23-8-4-3-7-22(23)24-11-9-21(31-24)10-12-25(29)27-17-19-5-1-2-6-20(19)18-28-13-15-30-16-14-28/h1-12H,13-18H2,(H,27,29)/b12-10+. The first kappa shape index (κ1) is 21.0. The first-order valence-corrected chi connectivity index (χ1v) is 10.4. The second kappa shape index (κ2) is 10.2. The van der Waals surface area contributed by atoms with Crippen LogP contribution in [0.4, 0.5) is 4.39 Å². The Labute approximate surface area is 181 Å². The molecule has 0 aliphatic carbocycles. The van der Waals surface area contributed by atoms with Gasteiger partial charge in [-0.15, -0.1) is 0 Å². The van der Waals surface area contributed by atoms with E-state index in [1.807, 2.05) is 18.2 Å². The van der Waals surface area contributed by atoms with Crippen LogP contribution in [0.1, 0.15) is 16.9 Å². The van der Waals surface area contributed by atoms with Crippen LogP contribution >= 0.6 is 0 Å². The molecule has 1 N–H and O–H groups in total. The zero-order chi connectivity index (χ0) is 21.5. The average Bonchev–Trinajstić information content (AvgIpc) is 3.27. The Balaban J connectivity index is 1.34. The molecule has 6 heteroatoms. The number of hydrogen-bond donors (Lipinski definition) is 1. The minimum Gasteiger partial charge on any atom is -0.457 e. The summed E-state index contributed by atoms with van der Waals surface area (Å²) in [5, 5.41) is 2.92. The van der Waals surface area contributed by atoms with Crippen LogP contribution in [-0.4, -0.2) is 37.1 Å². The second-order valence-corrected chi connectivity index (χ2v) is 7.39. The number of morpholine rings is 1. The van der Waals surface area contributed by atoms with Gasteiger partial charge in [-0.2, -0.15) is 0 Å². The lowest BCUT2D eigenvalue weighted by Gasteiger charge is -2.27. The van der Waals surface area contributed by atoms with Crippen LogP contribution in [0, 0.1) is 5.82 Å². The van der Waals surface area contributed by atoms with Crippen LogP contribution in [0.3, 0.4) is 0 Å². The topological polar surface area (TPSA) is 54.7 Å². The molecule has 0 unspecified atom stereocenters. The maximum absolute atomic E-state index is 13.9. The number of hydrogen-bond acceptors (Lipinski definition) is 4. The number of carbonyl (C=O) groups excluding carboxylic acids is 1. The molecule has 2 heterocycles. The number of carbonyl (C=O) groups is 1. The van der Waals surface area contributed by atoms with E-state index in [9.17, 15) is 9.18 Å². The monoisotopic (exact) mass is 420 g/mol. The lowest BCUT2D eigenvalue weighted by Crippen LogP contribution is -2.36. The molecule has 1 aromatic heterocycles. The molecular weight excluding hydrogens is 395 g/mol. The maximum Gasteiger partial charge on any atom is 0.244 e. The molecule has 0 saturated carbocycles. The molecule has 1 saturated heterocycles. The van der Waals surface area contributed by atoms with Gasteiger partial charge >= 0.3 is 0 Å². The number of furan rings is 1. The summed E-state index contributed by atoms with van der Waals surface area (Å²) in [6, 6.07) is 18.0. The smallest absolute Gasteiger partial charge is 0.244 e. The first-order valence-electron chi connectivity index (χ1n) is 10.4. The van der Waals surface area contributed by atoms with E-state index in [0.717, 1.165) is 38.4 Å². The predicted octanol–water partition coefficient (Wildman–Crippen LogP) is 4.25. The van der Waals surface area contributed by atoms with E-state index < -0.39 is 0 Å². The van der Waals surface area contributed by atoms with Crippen molar-refractivity contribution in [1.29, 1.82) is 0 Å². The van der Waals surface area contributed by atoms with Gasteiger partial charge in [0.25, 0.3) is 0 Å². The van der Waals surface area contributed by atoms with Gasteiger partial charge in [-0.3, -0.25) is 9.69 Å². The van der Waals surface area contributed by atoms with Crippen molar-refractivity contribution < 1.29 is 18.3 Å². The van der Waals surface area contributed by atoms with Crippen LogP contribution in [-0.2, 0) is 22.6 Å². The van der Waals surface area contributed by atoms with Crippen molar-refractivity contribution in [2.45, 2.75) is 13.1 Å². The average molecular weight is 420 g/mol. The SMILES string of the molecule is O=C(/C=C/c1ccc(-c2ccccc2F)o1)NCc1ccccc1CN1CCOCC1. The van der Waals surface area contributed by atoms with Crippen molar-refractivity contribution in [2.24, 2.45) is 0 Å². The summed E-state index contributed by atoms with van der Waals surface area (Å²) in [6.45, 7) is 4.64. The highest BCUT2D eigenvalue weighted by Crippen LogP contribution is 2.25. The third-order valence-corrected chi connectivity index (χ3v) is 5.23. The van der Waals surface area contributed by atoms with Crippen molar-refractivity contribution in [3.63, 3.8) is 0 Å².